The summed E-state index contributed by atoms with van der Waals surface area (Å²) < 4.78 is 10.2. The Morgan fingerprint density at radius 1 is 1.39 bits per heavy atom. The molecule has 1 aromatic rings. The van der Waals surface area contributed by atoms with E-state index >= 15 is 0 Å². The minimum absolute atomic E-state index is 0.175. The van der Waals surface area contributed by atoms with Gasteiger partial charge in [0.25, 0.3) is 0 Å². The fourth-order valence-corrected chi connectivity index (χ4v) is 2.02. The Kier molecular flexibility index (Phi) is 6.25. The summed E-state index contributed by atoms with van der Waals surface area (Å²) in [5.74, 6) is 0.0161. The van der Waals surface area contributed by atoms with E-state index in [0.717, 1.165) is 5.56 Å². The lowest BCUT2D eigenvalue weighted by atomic mass is 10.2. The van der Waals surface area contributed by atoms with E-state index in [9.17, 15) is 4.79 Å². The molecule has 0 unspecified atom stereocenters. The van der Waals surface area contributed by atoms with Crippen LogP contribution in [0.2, 0.25) is 10.0 Å². The minimum atomic E-state index is -0.432. The lowest BCUT2D eigenvalue weighted by Crippen LogP contribution is -2.16. The topological polar surface area (TPSA) is 47.6 Å². The van der Waals surface area contributed by atoms with Crippen LogP contribution in [0.3, 0.4) is 0 Å². The van der Waals surface area contributed by atoms with Crippen molar-refractivity contribution in [1.29, 1.82) is 0 Å². The van der Waals surface area contributed by atoms with Crippen LogP contribution in [0.15, 0.2) is 12.1 Å². The Bertz CT molecular complexity index is 424. The highest BCUT2D eigenvalue weighted by molar-refractivity contribution is 6.35. The fraction of sp³-hybridized carbons (Fsp3) is 0.417. The van der Waals surface area contributed by atoms with Gasteiger partial charge in [-0.1, -0.05) is 23.2 Å². The van der Waals surface area contributed by atoms with Gasteiger partial charge >= 0.3 is 5.97 Å². The third-order valence-corrected chi connectivity index (χ3v) is 2.59. The highest BCUT2D eigenvalue weighted by atomic mass is 35.5. The summed E-state index contributed by atoms with van der Waals surface area (Å²) >= 11 is 12.0. The van der Waals surface area contributed by atoms with Crippen molar-refractivity contribution < 1.29 is 14.3 Å². The molecule has 0 aliphatic heterocycles. The number of esters is 1. The number of nitrogens with one attached hydrogen (secondary N) is 1. The number of carbonyl (C=O) groups is 1. The Hall–Kier alpha value is -0.970. The van der Waals surface area contributed by atoms with Crippen LogP contribution in [0.25, 0.3) is 0 Å². The molecule has 0 atom stereocenters. The molecule has 1 aromatic carbocycles. The van der Waals surface area contributed by atoms with Crippen LogP contribution in [-0.4, -0.2) is 26.2 Å². The third-order valence-electron chi connectivity index (χ3n) is 2.09. The van der Waals surface area contributed by atoms with Gasteiger partial charge in [0.05, 0.1) is 11.6 Å². The van der Waals surface area contributed by atoms with E-state index in [2.05, 4.69) is 5.32 Å². The van der Waals surface area contributed by atoms with E-state index in [1.807, 2.05) is 0 Å². The highest BCUT2D eigenvalue weighted by Crippen LogP contribution is 2.32. The molecular weight excluding hydrogens is 277 g/mol. The van der Waals surface area contributed by atoms with Gasteiger partial charge in [0, 0.05) is 17.1 Å². The maximum atomic E-state index is 11.2. The van der Waals surface area contributed by atoms with Crippen LogP contribution in [-0.2, 0) is 16.1 Å². The average Bonchev–Trinajstić information content (AvgIpc) is 2.28. The number of hydrogen-bond acceptors (Lipinski definition) is 4. The lowest BCUT2D eigenvalue weighted by Gasteiger charge is -2.13. The largest absolute Gasteiger partial charge is 0.480 e. The van der Waals surface area contributed by atoms with Gasteiger partial charge in [-0.2, -0.15) is 0 Å². The van der Waals surface area contributed by atoms with Crippen LogP contribution in [0.4, 0.5) is 0 Å². The fourth-order valence-electron chi connectivity index (χ4n) is 1.43. The summed E-state index contributed by atoms with van der Waals surface area (Å²) in [5, 5.41) is 3.87. The normalized spacial score (nSPS) is 10.2. The smallest absolute Gasteiger partial charge is 0.344 e. The molecule has 100 valence electrons. The van der Waals surface area contributed by atoms with Crippen molar-refractivity contribution in [1.82, 2.24) is 5.32 Å². The SMILES string of the molecule is CCOC(=O)COc1c(Cl)cc(Cl)cc1CNC. The van der Waals surface area contributed by atoms with Crippen molar-refractivity contribution in [3.8, 4) is 5.75 Å². The summed E-state index contributed by atoms with van der Waals surface area (Å²) in [6.45, 7) is 2.42. The van der Waals surface area contributed by atoms with E-state index in [0.29, 0.717) is 28.9 Å². The van der Waals surface area contributed by atoms with E-state index in [1.165, 1.54) is 0 Å². The molecule has 4 nitrogen and oxygen atoms in total. The minimum Gasteiger partial charge on any atom is -0.480 e. The van der Waals surface area contributed by atoms with Crippen LogP contribution < -0.4 is 10.1 Å². The molecule has 0 aromatic heterocycles. The van der Waals surface area contributed by atoms with E-state index in [4.69, 9.17) is 32.7 Å². The van der Waals surface area contributed by atoms with E-state index in [-0.39, 0.29) is 6.61 Å². The van der Waals surface area contributed by atoms with Gasteiger partial charge in [-0.25, -0.2) is 4.79 Å². The summed E-state index contributed by atoms with van der Waals surface area (Å²) in [4.78, 5) is 11.2. The summed E-state index contributed by atoms with van der Waals surface area (Å²) in [7, 11) is 1.80. The second-order valence-corrected chi connectivity index (χ2v) is 4.34. The first-order valence-electron chi connectivity index (χ1n) is 5.49. The van der Waals surface area contributed by atoms with Crippen LogP contribution in [0.1, 0.15) is 12.5 Å². The number of halogens is 2. The number of ether oxygens (including phenoxy) is 2. The molecule has 0 saturated heterocycles. The zero-order chi connectivity index (χ0) is 13.5. The van der Waals surface area contributed by atoms with Gasteiger partial charge in [0.15, 0.2) is 6.61 Å². The molecule has 0 amide bonds. The predicted octanol–water partition coefficient (Wildman–Crippen LogP) is 2.65. The number of rotatable bonds is 6. The van der Waals surface area contributed by atoms with Crippen molar-refractivity contribution >= 4 is 29.2 Å². The zero-order valence-corrected chi connectivity index (χ0v) is 11.8. The standard InChI is InChI=1S/C12H15Cl2NO3/c1-3-17-11(16)7-18-12-8(6-15-2)4-9(13)5-10(12)14/h4-5,15H,3,6-7H2,1-2H3. The molecule has 18 heavy (non-hydrogen) atoms. The molecule has 0 aliphatic carbocycles. The Morgan fingerprint density at radius 3 is 2.72 bits per heavy atom. The first-order valence-corrected chi connectivity index (χ1v) is 6.25. The van der Waals surface area contributed by atoms with Gasteiger partial charge in [0.2, 0.25) is 0 Å². The van der Waals surface area contributed by atoms with Gasteiger partial charge < -0.3 is 14.8 Å². The van der Waals surface area contributed by atoms with Gasteiger partial charge in [0.1, 0.15) is 5.75 Å². The molecule has 0 heterocycles. The summed E-state index contributed by atoms with van der Waals surface area (Å²) in [6, 6.07) is 3.31. The quantitative estimate of drug-likeness (QED) is 0.819. The molecule has 1 rings (SSSR count). The number of benzene rings is 1. The molecule has 0 radical (unpaired) electrons. The van der Waals surface area contributed by atoms with E-state index < -0.39 is 5.97 Å². The summed E-state index contributed by atoms with van der Waals surface area (Å²) in [5.41, 5.74) is 0.791. The highest BCUT2D eigenvalue weighted by Gasteiger charge is 2.12. The van der Waals surface area contributed by atoms with E-state index in [1.54, 1.807) is 26.1 Å². The second-order valence-electron chi connectivity index (χ2n) is 3.50. The van der Waals surface area contributed by atoms with Crippen LogP contribution in [0, 0.1) is 0 Å². The average molecular weight is 292 g/mol. The van der Waals surface area contributed by atoms with Gasteiger partial charge in [-0.3, -0.25) is 0 Å². The van der Waals surface area contributed by atoms with Crippen molar-refractivity contribution in [2.45, 2.75) is 13.5 Å². The van der Waals surface area contributed by atoms with Crippen molar-refractivity contribution in [3.05, 3.63) is 27.7 Å². The Labute approximate surface area is 116 Å². The van der Waals surface area contributed by atoms with Gasteiger partial charge in [-0.05, 0) is 26.1 Å². The second kappa shape index (κ2) is 7.46. The molecule has 6 heteroatoms. The first-order chi connectivity index (χ1) is 8.58. The maximum Gasteiger partial charge on any atom is 0.344 e. The molecule has 0 fully saturated rings. The maximum absolute atomic E-state index is 11.2. The zero-order valence-electron chi connectivity index (χ0n) is 10.3. The molecule has 0 aliphatic rings. The first kappa shape index (κ1) is 15.1. The molecule has 0 saturated carbocycles. The van der Waals surface area contributed by atoms with Gasteiger partial charge in [-0.15, -0.1) is 0 Å². The molecule has 1 N–H and O–H groups in total. The summed E-state index contributed by atoms with van der Waals surface area (Å²) in [6.07, 6.45) is 0. The molecule has 0 spiro atoms. The molecular formula is C12H15Cl2NO3. The van der Waals surface area contributed by atoms with Crippen molar-refractivity contribution in [3.63, 3.8) is 0 Å². The third kappa shape index (κ3) is 4.37. The molecule has 0 bridgehead atoms. The number of hydrogen-bond donors (Lipinski definition) is 1. The predicted molar refractivity (Wildman–Crippen MR) is 71.4 cm³/mol. The van der Waals surface area contributed by atoms with Crippen LogP contribution in [0.5, 0.6) is 5.75 Å². The monoisotopic (exact) mass is 291 g/mol. The lowest BCUT2D eigenvalue weighted by molar-refractivity contribution is -0.145. The van der Waals surface area contributed by atoms with Crippen molar-refractivity contribution in [2.24, 2.45) is 0 Å². The number of carbonyl (C=O) groups excluding carboxylic acids is 1. The van der Waals surface area contributed by atoms with Crippen LogP contribution >= 0.6 is 23.2 Å². The Balaban J connectivity index is 2.82. The van der Waals surface area contributed by atoms with Crippen molar-refractivity contribution in [2.75, 3.05) is 20.3 Å². The Morgan fingerprint density at radius 2 is 2.11 bits per heavy atom.